The molecule has 1 atom stereocenters. The van der Waals surface area contributed by atoms with Crippen LogP contribution in [0.15, 0.2) is 22.7 Å². The Labute approximate surface area is 127 Å². The van der Waals surface area contributed by atoms with Gasteiger partial charge in [0.1, 0.15) is 17.3 Å². The number of piperidine rings is 3. The van der Waals surface area contributed by atoms with E-state index in [1.165, 1.54) is 0 Å². The van der Waals surface area contributed by atoms with Gasteiger partial charge in [0, 0.05) is 36.3 Å². The van der Waals surface area contributed by atoms with Crippen LogP contribution in [0.2, 0.25) is 0 Å². The minimum absolute atomic E-state index is 0.171. The molecule has 2 aromatic rings. The Bertz CT molecular complexity index is 768. The third kappa shape index (κ3) is 2.24. The highest BCUT2D eigenvalue weighted by molar-refractivity contribution is 5.95. The number of hydrogen-bond acceptors (Lipinski definition) is 5. The molecule has 5 heterocycles. The summed E-state index contributed by atoms with van der Waals surface area (Å²) in [6.45, 7) is 3.22. The maximum atomic E-state index is 12.4. The first-order chi connectivity index (χ1) is 10.7. The molecule has 6 nitrogen and oxygen atoms in total. The van der Waals surface area contributed by atoms with Crippen molar-refractivity contribution in [1.29, 1.82) is 5.26 Å². The van der Waals surface area contributed by atoms with Crippen LogP contribution in [0, 0.1) is 17.2 Å². The minimum atomic E-state index is -0.171. The number of rotatable bonds is 2. The van der Waals surface area contributed by atoms with Gasteiger partial charge in [0.2, 0.25) is 5.76 Å². The number of amides is 1. The summed E-state index contributed by atoms with van der Waals surface area (Å²) in [5, 5.41) is 12.7. The Morgan fingerprint density at radius 1 is 1.41 bits per heavy atom. The molecule has 0 saturated carbocycles. The monoisotopic (exact) mass is 296 g/mol. The van der Waals surface area contributed by atoms with Crippen molar-refractivity contribution < 1.29 is 9.21 Å². The van der Waals surface area contributed by atoms with E-state index < -0.39 is 0 Å². The Morgan fingerprint density at radius 2 is 2.23 bits per heavy atom. The van der Waals surface area contributed by atoms with Crippen LogP contribution < -0.4 is 5.32 Å². The molecule has 0 aromatic carbocycles. The lowest BCUT2D eigenvalue weighted by molar-refractivity contribution is 0.0618. The van der Waals surface area contributed by atoms with Crippen LogP contribution in [0.5, 0.6) is 0 Å². The fourth-order valence-corrected chi connectivity index (χ4v) is 3.48. The van der Waals surface area contributed by atoms with Crippen LogP contribution in [0.4, 0.5) is 0 Å². The average Bonchev–Trinajstić information content (AvgIpc) is 2.98. The zero-order chi connectivity index (χ0) is 15.1. The molecule has 2 bridgehead atoms. The Hall–Kier alpha value is -2.39. The molecule has 5 rings (SSSR count). The molecule has 2 aromatic heterocycles. The molecular weight excluding hydrogens is 280 g/mol. The number of fused-ring (bicyclic) bond motifs is 4. The Morgan fingerprint density at radius 3 is 2.91 bits per heavy atom. The fourth-order valence-electron chi connectivity index (χ4n) is 3.48. The number of carbonyl (C=O) groups excluding carboxylic acids is 1. The van der Waals surface area contributed by atoms with Gasteiger partial charge in [0.15, 0.2) is 0 Å². The molecule has 22 heavy (non-hydrogen) atoms. The van der Waals surface area contributed by atoms with Crippen molar-refractivity contribution in [3.63, 3.8) is 0 Å². The normalized spacial score (nSPS) is 26.8. The molecule has 0 spiro atoms. The Kier molecular flexibility index (Phi) is 3.09. The van der Waals surface area contributed by atoms with Gasteiger partial charge >= 0.3 is 0 Å². The summed E-state index contributed by atoms with van der Waals surface area (Å²) in [6.07, 6.45) is 3.88. The fraction of sp³-hybridized carbons (Fsp3) is 0.438. The summed E-state index contributed by atoms with van der Waals surface area (Å²) in [5.41, 5.74) is 0.855. The van der Waals surface area contributed by atoms with E-state index in [1.807, 2.05) is 6.07 Å². The van der Waals surface area contributed by atoms with Gasteiger partial charge in [-0.05, 0) is 31.8 Å². The van der Waals surface area contributed by atoms with Gasteiger partial charge in [-0.15, -0.1) is 0 Å². The van der Waals surface area contributed by atoms with Crippen molar-refractivity contribution in [2.75, 3.05) is 19.6 Å². The third-order valence-electron chi connectivity index (χ3n) is 4.72. The summed E-state index contributed by atoms with van der Waals surface area (Å²) in [7, 11) is 0. The summed E-state index contributed by atoms with van der Waals surface area (Å²) < 4.78 is 5.36. The number of nitrogens with zero attached hydrogens (tertiary/aromatic N) is 3. The van der Waals surface area contributed by atoms with E-state index in [1.54, 1.807) is 18.3 Å². The van der Waals surface area contributed by atoms with Crippen LogP contribution in [0.1, 0.15) is 29.1 Å². The van der Waals surface area contributed by atoms with Gasteiger partial charge in [-0.1, -0.05) is 0 Å². The summed E-state index contributed by atoms with van der Waals surface area (Å²) >= 11 is 0. The van der Waals surface area contributed by atoms with Crippen LogP contribution in [-0.2, 0) is 0 Å². The summed E-state index contributed by atoms with van der Waals surface area (Å²) in [4.78, 5) is 19.0. The minimum Gasteiger partial charge on any atom is -0.445 e. The van der Waals surface area contributed by atoms with Crippen LogP contribution in [0.3, 0.4) is 0 Å². The lowest BCUT2D eigenvalue weighted by Gasteiger charge is -2.44. The van der Waals surface area contributed by atoms with E-state index in [4.69, 9.17) is 9.68 Å². The number of carbonyl (C=O) groups is 1. The first-order valence-corrected chi connectivity index (χ1v) is 7.56. The highest BCUT2D eigenvalue weighted by atomic mass is 16.3. The second-order valence-corrected chi connectivity index (χ2v) is 6.05. The number of nitriles is 1. The summed E-state index contributed by atoms with van der Waals surface area (Å²) in [5.74, 6) is 0.633. The SMILES string of the molecule is N#Cc1cc2cnc(C(=O)NC3CN4CCC3CC4)cc2o1. The van der Waals surface area contributed by atoms with Crippen molar-refractivity contribution in [2.45, 2.75) is 18.9 Å². The van der Waals surface area contributed by atoms with E-state index in [2.05, 4.69) is 15.2 Å². The molecular formula is C16H16N4O2. The molecule has 1 unspecified atom stereocenters. The van der Waals surface area contributed by atoms with E-state index in [9.17, 15) is 4.79 Å². The zero-order valence-corrected chi connectivity index (χ0v) is 12.1. The number of aromatic nitrogens is 1. The van der Waals surface area contributed by atoms with Crippen molar-refractivity contribution >= 4 is 16.9 Å². The van der Waals surface area contributed by atoms with Gasteiger partial charge < -0.3 is 14.6 Å². The molecule has 112 valence electrons. The van der Waals surface area contributed by atoms with Gasteiger partial charge in [-0.25, -0.2) is 0 Å². The third-order valence-corrected chi connectivity index (χ3v) is 4.72. The van der Waals surface area contributed by atoms with Crippen LogP contribution in [0.25, 0.3) is 11.0 Å². The molecule has 3 aliphatic rings. The number of furan rings is 1. The quantitative estimate of drug-likeness (QED) is 0.908. The summed E-state index contributed by atoms with van der Waals surface area (Å²) in [6, 6.07) is 5.38. The lowest BCUT2D eigenvalue weighted by atomic mass is 9.84. The first-order valence-electron chi connectivity index (χ1n) is 7.56. The molecule has 1 amide bonds. The topological polar surface area (TPSA) is 82.2 Å². The van der Waals surface area contributed by atoms with E-state index in [0.717, 1.165) is 37.9 Å². The largest absolute Gasteiger partial charge is 0.445 e. The van der Waals surface area contributed by atoms with Crippen molar-refractivity contribution in [2.24, 2.45) is 5.92 Å². The predicted octanol–water partition coefficient (Wildman–Crippen LogP) is 1.52. The van der Waals surface area contributed by atoms with Crippen LogP contribution in [-0.4, -0.2) is 41.5 Å². The zero-order valence-electron chi connectivity index (χ0n) is 12.1. The number of hydrogen-bond donors (Lipinski definition) is 1. The van der Waals surface area contributed by atoms with E-state index in [0.29, 0.717) is 17.2 Å². The number of nitrogens with one attached hydrogen (secondary N) is 1. The van der Waals surface area contributed by atoms with Crippen molar-refractivity contribution in [3.8, 4) is 6.07 Å². The average molecular weight is 296 g/mol. The molecule has 6 heteroatoms. The van der Waals surface area contributed by atoms with Crippen LogP contribution >= 0.6 is 0 Å². The van der Waals surface area contributed by atoms with Crippen molar-refractivity contribution in [1.82, 2.24) is 15.2 Å². The van der Waals surface area contributed by atoms with E-state index in [-0.39, 0.29) is 17.7 Å². The molecule has 3 fully saturated rings. The maximum absolute atomic E-state index is 12.4. The standard InChI is InChI=1S/C16H16N4O2/c17-7-12-5-11-8-18-13(6-15(11)22-12)16(21)19-14-9-20-3-1-10(14)2-4-20/h5-6,8,10,14H,1-4,9H2,(H,19,21). The maximum Gasteiger partial charge on any atom is 0.270 e. The van der Waals surface area contributed by atoms with Gasteiger partial charge in [0.05, 0.1) is 0 Å². The molecule has 0 aliphatic carbocycles. The number of pyridine rings is 1. The highest BCUT2D eigenvalue weighted by Gasteiger charge is 2.35. The molecule has 1 N–H and O–H groups in total. The van der Waals surface area contributed by atoms with Gasteiger partial charge in [-0.2, -0.15) is 5.26 Å². The Balaban J connectivity index is 1.54. The van der Waals surface area contributed by atoms with Gasteiger partial charge in [0.25, 0.3) is 5.91 Å². The highest BCUT2D eigenvalue weighted by Crippen LogP contribution is 2.27. The molecule has 0 radical (unpaired) electrons. The smallest absolute Gasteiger partial charge is 0.270 e. The van der Waals surface area contributed by atoms with Gasteiger partial charge in [-0.3, -0.25) is 9.78 Å². The first kappa shape index (κ1) is 13.3. The predicted molar refractivity (Wildman–Crippen MR) is 79.1 cm³/mol. The lowest BCUT2D eigenvalue weighted by Crippen LogP contribution is -2.57. The molecule has 3 saturated heterocycles. The molecule has 3 aliphatic heterocycles. The van der Waals surface area contributed by atoms with Crippen molar-refractivity contribution in [3.05, 3.63) is 29.8 Å². The second kappa shape index (κ2) is 5.11. The second-order valence-electron chi connectivity index (χ2n) is 6.05. The van der Waals surface area contributed by atoms with E-state index >= 15 is 0 Å².